The number of halogens is 4. The van der Waals surface area contributed by atoms with E-state index >= 15 is 0 Å². The predicted octanol–water partition coefficient (Wildman–Crippen LogP) is 4.42. The first kappa shape index (κ1) is 29.6. The fraction of sp³-hybridized carbons (Fsp3) is 0.214. The number of urea groups is 1. The fourth-order valence-corrected chi connectivity index (χ4v) is 5.00. The number of amides is 3. The maximum absolute atomic E-state index is 14.4. The average molecular weight is 589 g/mol. The van der Waals surface area contributed by atoms with Crippen molar-refractivity contribution in [2.24, 2.45) is 0 Å². The van der Waals surface area contributed by atoms with Gasteiger partial charge >= 0.3 is 6.03 Å². The molecule has 41 heavy (non-hydrogen) atoms. The number of hydrogen-bond acceptors (Lipinski definition) is 6. The summed E-state index contributed by atoms with van der Waals surface area (Å²) in [4.78, 5) is 43.1. The molecule has 0 aliphatic heterocycles. The Kier molecular flexibility index (Phi) is 9.30. The maximum Gasteiger partial charge on any atom is 0.317 e. The standard InChI is InChI=1S/C28H24F4N4O4S/c1-36(19-3-5-25-23(13-19)33-14-41-25)27(39)24(10-15-8-17(30)11-18(31)9-15)34-28(40)35-26(38)20(6-7-37)21-12-16(29)2-4-22(21)32/h2-5,7-9,11-14,20,24,26,38H,6,10H2,1H3,(H2,34,35,40). The first-order valence-corrected chi connectivity index (χ1v) is 13.1. The summed E-state index contributed by atoms with van der Waals surface area (Å²) in [6.45, 7) is 0. The van der Waals surface area contributed by atoms with E-state index in [-0.39, 0.29) is 17.5 Å². The van der Waals surface area contributed by atoms with E-state index in [2.05, 4.69) is 15.6 Å². The zero-order valence-corrected chi connectivity index (χ0v) is 22.3. The minimum Gasteiger partial charge on any atom is -0.373 e. The van der Waals surface area contributed by atoms with E-state index in [1.165, 1.54) is 23.3 Å². The molecule has 0 radical (unpaired) electrons. The molecule has 3 atom stereocenters. The Balaban J connectivity index is 1.57. The zero-order chi connectivity index (χ0) is 29.7. The average Bonchev–Trinajstić information content (AvgIpc) is 3.39. The number of hydrogen-bond donors (Lipinski definition) is 3. The molecule has 0 saturated carbocycles. The van der Waals surface area contributed by atoms with Crippen LogP contribution in [0.25, 0.3) is 10.2 Å². The minimum absolute atomic E-state index is 0.0608. The molecular formula is C28H24F4N4O4S. The normalized spacial score (nSPS) is 13.3. The van der Waals surface area contributed by atoms with Crippen molar-refractivity contribution in [2.45, 2.75) is 31.0 Å². The van der Waals surface area contributed by atoms with E-state index in [0.29, 0.717) is 23.6 Å². The van der Waals surface area contributed by atoms with Crippen LogP contribution in [0.3, 0.4) is 0 Å². The first-order valence-electron chi connectivity index (χ1n) is 12.2. The Labute approximate surface area is 235 Å². The Morgan fingerprint density at radius 3 is 2.44 bits per heavy atom. The van der Waals surface area contributed by atoms with E-state index in [9.17, 15) is 37.1 Å². The number of thiazole rings is 1. The molecule has 8 nitrogen and oxygen atoms in total. The Morgan fingerprint density at radius 1 is 1.00 bits per heavy atom. The second-order valence-corrected chi connectivity index (χ2v) is 10.1. The first-order chi connectivity index (χ1) is 19.5. The van der Waals surface area contributed by atoms with Crippen molar-refractivity contribution in [3.8, 4) is 0 Å². The number of likely N-dealkylation sites (N-methyl/N-ethyl adjacent to an activating group) is 1. The van der Waals surface area contributed by atoms with Crippen molar-refractivity contribution >= 4 is 45.5 Å². The number of aliphatic hydroxyl groups excluding tert-OH is 1. The summed E-state index contributed by atoms with van der Waals surface area (Å²) >= 11 is 1.41. The maximum atomic E-state index is 14.4. The molecule has 3 unspecified atom stereocenters. The fourth-order valence-electron chi connectivity index (χ4n) is 4.34. The molecule has 3 amide bonds. The van der Waals surface area contributed by atoms with E-state index in [1.54, 1.807) is 23.7 Å². The van der Waals surface area contributed by atoms with Gasteiger partial charge in [-0.15, -0.1) is 11.3 Å². The number of aromatic nitrogens is 1. The van der Waals surface area contributed by atoms with E-state index in [4.69, 9.17) is 0 Å². The van der Waals surface area contributed by atoms with Crippen LogP contribution in [0, 0.1) is 23.3 Å². The van der Waals surface area contributed by atoms with Crippen LogP contribution in [0.15, 0.2) is 60.1 Å². The zero-order valence-electron chi connectivity index (χ0n) is 21.5. The highest BCUT2D eigenvalue weighted by Crippen LogP contribution is 2.26. The third-order valence-electron chi connectivity index (χ3n) is 6.37. The van der Waals surface area contributed by atoms with Crippen molar-refractivity contribution in [1.82, 2.24) is 15.6 Å². The molecule has 0 spiro atoms. The number of fused-ring (bicyclic) bond motifs is 1. The molecule has 0 aliphatic carbocycles. The second kappa shape index (κ2) is 12.9. The number of aliphatic hydroxyl groups is 1. The molecule has 1 heterocycles. The predicted molar refractivity (Wildman–Crippen MR) is 144 cm³/mol. The lowest BCUT2D eigenvalue weighted by atomic mass is 9.94. The quantitative estimate of drug-likeness (QED) is 0.144. The smallest absolute Gasteiger partial charge is 0.317 e. The number of nitrogens with zero attached hydrogens (tertiary/aromatic N) is 2. The molecular weight excluding hydrogens is 564 g/mol. The molecule has 3 N–H and O–H groups in total. The molecule has 4 rings (SSSR count). The third-order valence-corrected chi connectivity index (χ3v) is 7.18. The molecule has 0 saturated heterocycles. The van der Waals surface area contributed by atoms with Gasteiger partial charge in [0.25, 0.3) is 0 Å². The summed E-state index contributed by atoms with van der Waals surface area (Å²) in [6.07, 6.45) is -2.30. The number of benzene rings is 3. The van der Waals surface area contributed by atoms with Gasteiger partial charge in [-0.2, -0.15) is 0 Å². The second-order valence-electron chi connectivity index (χ2n) is 9.17. The topological polar surface area (TPSA) is 112 Å². The van der Waals surface area contributed by atoms with Crippen molar-refractivity contribution in [2.75, 3.05) is 11.9 Å². The Bertz CT molecular complexity index is 1560. The van der Waals surface area contributed by atoms with Gasteiger partial charge in [-0.25, -0.2) is 27.3 Å². The third kappa shape index (κ3) is 7.24. The van der Waals surface area contributed by atoms with Crippen LogP contribution in [-0.4, -0.2) is 47.6 Å². The molecule has 3 aromatic carbocycles. The highest BCUT2D eigenvalue weighted by Gasteiger charge is 2.30. The summed E-state index contributed by atoms with van der Waals surface area (Å²) in [7, 11) is 1.44. The van der Waals surface area contributed by atoms with Crippen LogP contribution < -0.4 is 15.5 Å². The highest BCUT2D eigenvalue weighted by molar-refractivity contribution is 7.16. The van der Waals surface area contributed by atoms with Gasteiger partial charge in [0.15, 0.2) is 0 Å². The minimum atomic E-state index is -1.87. The number of rotatable bonds is 10. The van der Waals surface area contributed by atoms with Crippen molar-refractivity contribution in [3.05, 3.63) is 94.5 Å². The lowest BCUT2D eigenvalue weighted by molar-refractivity contribution is -0.120. The van der Waals surface area contributed by atoms with Crippen LogP contribution >= 0.6 is 11.3 Å². The Hall–Kier alpha value is -4.36. The SMILES string of the molecule is CN(C(=O)C(Cc1cc(F)cc(F)c1)NC(=O)NC(O)C(CC=O)c1cc(F)ccc1F)c1ccc2scnc2c1. The number of anilines is 1. The van der Waals surface area contributed by atoms with E-state index < -0.39 is 59.8 Å². The molecule has 0 aliphatic rings. The number of aldehydes is 1. The summed E-state index contributed by atoms with van der Waals surface area (Å²) in [5, 5.41) is 15.1. The van der Waals surface area contributed by atoms with Crippen LogP contribution in [0.4, 0.5) is 28.0 Å². The number of carbonyl (C=O) groups excluding carboxylic acids is 3. The van der Waals surface area contributed by atoms with E-state index in [0.717, 1.165) is 35.0 Å². The van der Waals surface area contributed by atoms with Gasteiger partial charge < -0.3 is 25.4 Å². The van der Waals surface area contributed by atoms with Gasteiger partial charge in [0, 0.05) is 37.6 Å². The van der Waals surface area contributed by atoms with Crippen LogP contribution in [0.1, 0.15) is 23.5 Å². The summed E-state index contributed by atoms with van der Waals surface area (Å²) in [6, 6.07) is 7.73. The van der Waals surface area contributed by atoms with Crippen LogP contribution in [0.2, 0.25) is 0 Å². The molecule has 1 aromatic heterocycles. The monoisotopic (exact) mass is 588 g/mol. The van der Waals surface area contributed by atoms with Crippen LogP contribution in [0.5, 0.6) is 0 Å². The van der Waals surface area contributed by atoms with Gasteiger partial charge in [-0.1, -0.05) is 0 Å². The Morgan fingerprint density at radius 2 is 1.73 bits per heavy atom. The highest BCUT2D eigenvalue weighted by atomic mass is 32.1. The van der Waals surface area contributed by atoms with Crippen molar-refractivity contribution < 1.29 is 37.1 Å². The van der Waals surface area contributed by atoms with Crippen molar-refractivity contribution in [3.63, 3.8) is 0 Å². The van der Waals surface area contributed by atoms with Crippen molar-refractivity contribution in [1.29, 1.82) is 0 Å². The van der Waals surface area contributed by atoms with E-state index in [1.807, 2.05) is 0 Å². The lowest BCUT2D eigenvalue weighted by Crippen LogP contribution is -2.54. The summed E-state index contributed by atoms with van der Waals surface area (Å²) < 4.78 is 56.7. The molecule has 4 aromatic rings. The van der Waals surface area contributed by atoms with Crippen LogP contribution in [-0.2, 0) is 16.0 Å². The molecule has 0 bridgehead atoms. The summed E-state index contributed by atoms with van der Waals surface area (Å²) in [5.74, 6) is -5.52. The molecule has 214 valence electrons. The largest absolute Gasteiger partial charge is 0.373 e. The van der Waals surface area contributed by atoms with Gasteiger partial charge in [0.1, 0.15) is 41.8 Å². The summed E-state index contributed by atoms with van der Waals surface area (Å²) in [5.41, 5.74) is 2.42. The van der Waals surface area contributed by atoms with Gasteiger partial charge in [0.05, 0.1) is 15.7 Å². The van der Waals surface area contributed by atoms with Gasteiger partial charge in [-0.05, 0) is 59.7 Å². The van der Waals surface area contributed by atoms with Gasteiger partial charge in [-0.3, -0.25) is 4.79 Å². The molecule has 13 heteroatoms. The number of carbonyl (C=O) groups is 3. The number of nitrogens with one attached hydrogen (secondary N) is 2. The van der Waals surface area contributed by atoms with Gasteiger partial charge in [0.2, 0.25) is 5.91 Å². The molecule has 0 fully saturated rings. The lowest BCUT2D eigenvalue weighted by Gasteiger charge is -2.27.